The molecule has 0 aliphatic carbocycles. The molecule has 0 saturated carbocycles. The summed E-state index contributed by atoms with van der Waals surface area (Å²) in [7, 11) is 1.60. The van der Waals surface area contributed by atoms with Gasteiger partial charge in [-0.2, -0.15) is 0 Å². The molecule has 0 unspecified atom stereocenters. The predicted molar refractivity (Wildman–Crippen MR) is 52.4 cm³/mol. The normalized spacial score (nSPS) is 8.33. The molecular formula is C8H14BrN2O+. The molecule has 3 nitrogen and oxygen atoms in total. The highest BCUT2D eigenvalue weighted by atomic mass is 79.9. The number of ether oxygens (including phenoxy) is 1. The van der Waals surface area contributed by atoms with Crippen LogP contribution in [0.2, 0.25) is 0 Å². The van der Waals surface area contributed by atoms with Crippen molar-refractivity contribution in [3.05, 3.63) is 22.9 Å². The molecule has 4 heteroatoms. The van der Waals surface area contributed by atoms with Crippen LogP contribution in [0.5, 0.6) is 5.75 Å². The van der Waals surface area contributed by atoms with Crippen LogP contribution in [0, 0.1) is 0 Å². The number of nitrogen functional groups attached to an aromatic ring is 1. The van der Waals surface area contributed by atoms with E-state index in [4.69, 9.17) is 10.6 Å². The second-order valence-electron chi connectivity index (χ2n) is 1.80. The van der Waals surface area contributed by atoms with Gasteiger partial charge < -0.3 is 4.74 Å². The number of nitrogens with zero attached hydrogens (tertiary/aromatic N) is 1. The fourth-order valence-corrected chi connectivity index (χ4v) is 0.834. The lowest BCUT2D eigenvalue weighted by molar-refractivity contribution is -0.650. The van der Waals surface area contributed by atoms with Crippen LogP contribution in [0.25, 0.3) is 0 Å². The highest BCUT2D eigenvalue weighted by Gasteiger charge is 2.03. The van der Waals surface area contributed by atoms with Gasteiger partial charge in [-0.25, -0.2) is 5.84 Å². The average molecular weight is 234 g/mol. The van der Waals surface area contributed by atoms with Crippen LogP contribution in [-0.2, 0) is 0 Å². The molecule has 12 heavy (non-hydrogen) atoms. The van der Waals surface area contributed by atoms with Gasteiger partial charge >= 0.3 is 0 Å². The SMILES string of the molecule is CC.COc1ccc(Br)[n+](N)c1. The van der Waals surface area contributed by atoms with Crippen LogP contribution in [0.3, 0.4) is 0 Å². The smallest absolute Gasteiger partial charge is 0.277 e. The van der Waals surface area contributed by atoms with Gasteiger partial charge in [-0.05, 0) is 6.07 Å². The summed E-state index contributed by atoms with van der Waals surface area (Å²) in [6.45, 7) is 4.00. The first kappa shape index (κ1) is 11.2. The topological polar surface area (TPSA) is 39.1 Å². The molecule has 0 aliphatic rings. The number of methoxy groups -OCH3 is 1. The molecule has 0 saturated heterocycles. The standard InChI is InChI=1S/C6H8BrN2O.C2H6/c1-10-5-2-3-6(7)9(8)4-5;1-2/h2-4H,8H2,1H3;1-2H3/q+1;. The van der Waals surface area contributed by atoms with Crippen LogP contribution in [-0.4, -0.2) is 7.11 Å². The van der Waals surface area contributed by atoms with Gasteiger partial charge in [0.2, 0.25) is 6.20 Å². The zero-order valence-corrected chi connectivity index (χ0v) is 9.13. The van der Waals surface area contributed by atoms with E-state index in [1.54, 1.807) is 13.3 Å². The van der Waals surface area contributed by atoms with E-state index in [0.29, 0.717) is 0 Å². The van der Waals surface area contributed by atoms with Gasteiger partial charge in [0, 0.05) is 22.0 Å². The minimum Gasteiger partial charge on any atom is -0.491 e. The summed E-state index contributed by atoms with van der Waals surface area (Å²) in [5, 5.41) is 0. The zero-order chi connectivity index (χ0) is 9.56. The first-order chi connectivity index (χ1) is 5.74. The lowest BCUT2D eigenvalue weighted by Crippen LogP contribution is -2.45. The highest BCUT2D eigenvalue weighted by molar-refractivity contribution is 9.10. The maximum atomic E-state index is 5.49. The zero-order valence-electron chi connectivity index (χ0n) is 7.54. The number of pyridine rings is 1. The number of hydrogen-bond donors (Lipinski definition) is 1. The maximum absolute atomic E-state index is 5.49. The molecular weight excluding hydrogens is 220 g/mol. The second kappa shape index (κ2) is 5.83. The third-order valence-electron chi connectivity index (χ3n) is 1.13. The van der Waals surface area contributed by atoms with Gasteiger partial charge in [-0.1, -0.05) is 18.5 Å². The molecule has 2 N–H and O–H groups in total. The van der Waals surface area contributed by atoms with E-state index in [-0.39, 0.29) is 0 Å². The Morgan fingerprint density at radius 1 is 1.42 bits per heavy atom. The molecule has 1 heterocycles. The maximum Gasteiger partial charge on any atom is 0.277 e. The fourth-order valence-electron chi connectivity index (χ4n) is 0.599. The number of hydrogen-bond acceptors (Lipinski definition) is 2. The number of rotatable bonds is 1. The van der Waals surface area contributed by atoms with Crippen molar-refractivity contribution in [3.63, 3.8) is 0 Å². The third kappa shape index (κ3) is 3.09. The van der Waals surface area contributed by atoms with Gasteiger partial charge in [-0.3, -0.25) is 0 Å². The Morgan fingerprint density at radius 3 is 2.42 bits per heavy atom. The van der Waals surface area contributed by atoms with Gasteiger partial charge in [0.25, 0.3) is 4.60 Å². The van der Waals surface area contributed by atoms with Crippen molar-refractivity contribution in [2.75, 3.05) is 13.0 Å². The van der Waals surface area contributed by atoms with E-state index in [1.807, 2.05) is 26.0 Å². The molecule has 0 amide bonds. The molecule has 0 atom stereocenters. The molecule has 0 aromatic carbocycles. The lowest BCUT2D eigenvalue weighted by atomic mass is 10.5. The van der Waals surface area contributed by atoms with Gasteiger partial charge in [0.15, 0.2) is 5.75 Å². The Labute approximate surface area is 81.3 Å². The van der Waals surface area contributed by atoms with Crippen molar-refractivity contribution in [1.82, 2.24) is 0 Å². The van der Waals surface area contributed by atoms with Crippen molar-refractivity contribution in [1.29, 1.82) is 0 Å². The quantitative estimate of drug-likeness (QED) is 0.454. The Morgan fingerprint density at radius 2 is 2.00 bits per heavy atom. The molecule has 0 aliphatic heterocycles. The fraction of sp³-hybridized carbons (Fsp3) is 0.375. The molecule has 0 spiro atoms. The Kier molecular flexibility index (Phi) is 5.45. The third-order valence-corrected chi connectivity index (χ3v) is 1.81. The first-order valence-corrected chi connectivity index (χ1v) is 4.53. The van der Waals surface area contributed by atoms with Crippen LogP contribution < -0.4 is 15.3 Å². The van der Waals surface area contributed by atoms with Crippen LogP contribution in [0.1, 0.15) is 13.8 Å². The van der Waals surface area contributed by atoms with Crippen molar-refractivity contribution < 1.29 is 9.41 Å². The van der Waals surface area contributed by atoms with E-state index in [0.717, 1.165) is 10.4 Å². The van der Waals surface area contributed by atoms with Crippen LogP contribution in [0.4, 0.5) is 0 Å². The van der Waals surface area contributed by atoms with E-state index in [1.165, 1.54) is 4.68 Å². The lowest BCUT2D eigenvalue weighted by Gasteiger charge is -1.95. The summed E-state index contributed by atoms with van der Waals surface area (Å²) >= 11 is 3.24. The van der Waals surface area contributed by atoms with Crippen molar-refractivity contribution in [2.45, 2.75) is 13.8 Å². The highest BCUT2D eigenvalue weighted by Crippen LogP contribution is 2.08. The monoisotopic (exact) mass is 233 g/mol. The number of nitrogens with two attached hydrogens (primary N) is 1. The minimum absolute atomic E-state index is 0.741. The van der Waals surface area contributed by atoms with Crippen LogP contribution in [0.15, 0.2) is 22.9 Å². The summed E-state index contributed by atoms with van der Waals surface area (Å²) in [6.07, 6.45) is 1.68. The molecule has 1 rings (SSSR count). The summed E-state index contributed by atoms with van der Waals surface area (Å²) in [5.41, 5.74) is 0. The molecule has 0 fully saturated rings. The average Bonchev–Trinajstić information content (AvgIpc) is 2.13. The Bertz CT molecular complexity index is 240. The van der Waals surface area contributed by atoms with Crippen molar-refractivity contribution >= 4 is 15.9 Å². The predicted octanol–water partition coefficient (Wildman–Crippen LogP) is 1.49. The summed E-state index contributed by atoms with van der Waals surface area (Å²) in [6, 6.07) is 3.65. The van der Waals surface area contributed by atoms with E-state index in [9.17, 15) is 0 Å². The number of aromatic nitrogens is 1. The number of halogens is 1. The van der Waals surface area contributed by atoms with E-state index in [2.05, 4.69) is 15.9 Å². The second-order valence-corrected chi connectivity index (χ2v) is 2.61. The Hall–Kier alpha value is -0.770. The van der Waals surface area contributed by atoms with E-state index >= 15 is 0 Å². The Balaban J connectivity index is 0.000000561. The van der Waals surface area contributed by atoms with Gasteiger partial charge in [0.05, 0.1) is 7.11 Å². The molecule has 68 valence electrons. The summed E-state index contributed by atoms with van der Waals surface area (Å²) in [4.78, 5) is 0. The van der Waals surface area contributed by atoms with E-state index < -0.39 is 0 Å². The molecule has 0 radical (unpaired) electrons. The molecule has 1 aromatic rings. The van der Waals surface area contributed by atoms with Crippen LogP contribution >= 0.6 is 15.9 Å². The minimum atomic E-state index is 0.741. The largest absolute Gasteiger partial charge is 0.491 e. The molecule has 0 bridgehead atoms. The van der Waals surface area contributed by atoms with Crippen molar-refractivity contribution in [3.8, 4) is 5.75 Å². The van der Waals surface area contributed by atoms with Gasteiger partial charge in [0.1, 0.15) is 0 Å². The van der Waals surface area contributed by atoms with Crippen molar-refractivity contribution in [2.24, 2.45) is 0 Å². The summed E-state index contributed by atoms with van der Waals surface area (Å²) in [5.74, 6) is 6.23. The first-order valence-electron chi connectivity index (χ1n) is 3.74. The van der Waals surface area contributed by atoms with Gasteiger partial charge in [-0.15, -0.1) is 0 Å². The molecule has 1 aromatic heterocycles. The summed E-state index contributed by atoms with van der Waals surface area (Å²) < 4.78 is 7.18.